The largest absolute Gasteiger partial charge is 0.433 e. The molecule has 3 N–H and O–H groups in total. The summed E-state index contributed by atoms with van der Waals surface area (Å²) in [5, 5.41) is 15.2. The summed E-state index contributed by atoms with van der Waals surface area (Å²) in [5.41, 5.74) is -3.85. The maximum Gasteiger partial charge on any atom is 0.433 e. The zero-order valence-corrected chi connectivity index (χ0v) is 17.1. The fraction of sp³-hybridized carbons (Fsp3) is 0.316. The van der Waals surface area contributed by atoms with E-state index in [1.807, 2.05) is 0 Å². The van der Waals surface area contributed by atoms with Crippen LogP contribution in [0.15, 0.2) is 36.5 Å². The molecule has 0 aliphatic rings. The summed E-state index contributed by atoms with van der Waals surface area (Å²) >= 11 is 0. The minimum Gasteiger partial charge on any atom is -0.389 e. The maximum atomic E-state index is 13.0. The van der Waals surface area contributed by atoms with Crippen LogP contribution in [0.4, 0.5) is 43.9 Å². The molecule has 0 saturated heterocycles. The number of nitrogens with zero attached hydrogens (tertiary/aromatic N) is 5. The van der Waals surface area contributed by atoms with Gasteiger partial charge in [-0.3, -0.25) is 4.98 Å². The van der Waals surface area contributed by atoms with E-state index in [4.69, 9.17) is 0 Å². The highest BCUT2D eigenvalue weighted by molar-refractivity contribution is 5.59. The van der Waals surface area contributed by atoms with Crippen LogP contribution in [0.1, 0.15) is 25.2 Å². The molecule has 0 aromatic carbocycles. The summed E-state index contributed by atoms with van der Waals surface area (Å²) in [4.78, 5) is 18.8. The summed E-state index contributed by atoms with van der Waals surface area (Å²) < 4.78 is 78.0. The molecule has 0 bridgehead atoms. The van der Waals surface area contributed by atoms with Crippen molar-refractivity contribution >= 4 is 17.6 Å². The van der Waals surface area contributed by atoms with Crippen LogP contribution in [0.3, 0.4) is 0 Å². The van der Waals surface area contributed by atoms with Gasteiger partial charge in [0, 0.05) is 18.4 Å². The van der Waals surface area contributed by atoms with E-state index in [9.17, 15) is 31.4 Å². The predicted octanol–water partition coefficient (Wildman–Crippen LogP) is 4.29. The van der Waals surface area contributed by atoms with Crippen molar-refractivity contribution in [2.75, 3.05) is 17.2 Å². The van der Waals surface area contributed by atoms with Crippen molar-refractivity contribution in [3.05, 3.63) is 47.9 Å². The molecule has 0 aliphatic carbocycles. The molecule has 3 rings (SSSR count). The minimum absolute atomic E-state index is 0.0423. The first kappa shape index (κ1) is 24.1. The Morgan fingerprint density at radius 2 is 1.58 bits per heavy atom. The van der Waals surface area contributed by atoms with E-state index in [0.717, 1.165) is 24.4 Å². The smallest absolute Gasteiger partial charge is 0.389 e. The van der Waals surface area contributed by atoms with Gasteiger partial charge >= 0.3 is 12.4 Å². The van der Waals surface area contributed by atoms with Crippen molar-refractivity contribution in [3.8, 4) is 11.5 Å². The zero-order chi connectivity index (χ0) is 24.4. The van der Waals surface area contributed by atoms with Gasteiger partial charge in [0.1, 0.15) is 17.1 Å². The first-order chi connectivity index (χ1) is 15.2. The van der Waals surface area contributed by atoms with Crippen LogP contribution >= 0.6 is 0 Å². The van der Waals surface area contributed by atoms with Crippen molar-refractivity contribution in [1.29, 1.82) is 0 Å². The van der Waals surface area contributed by atoms with Crippen LogP contribution in [-0.4, -0.2) is 42.2 Å². The lowest BCUT2D eigenvalue weighted by Crippen LogP contribution is -2.30. The topological polar surface area (TPSA) is 109 Å². The average molecular weight is 475 g/mol. The Kier molecular flexibility index (Phi) is 6.40. The fourth-order valence-electron chi connectivity index (χ4n) is 2.43. The number of anilines is 3. The molecule has 0 unspecified atom stereocenters. The van der Waals surface area contributed by atoms with Gasteiger partial charge in [-0.2, -0.15) is 41.3 Å². The molecule has 0 saturated carbocycles. The van der Waals surface area contributed by atoms with Gasteiger partial charge in [0.2, 0.25) is 11.9 Å². The van der Waals surface area contributed by atoms with Gasteiger partial charge in [-0.15, -0.1) is 0 Å². The Bertz CT molecular complexity index is 1130. The monoisotopic (exact) mass is 475 g/mol. The van der Waals surface area contributed by atoms with Gasteiger partial charge in [0.15, 0.2) is 5.82 Å². The Morgan fingerprint density at radius 1 is 0.909 bits per heavy atom. The number of nitrogens with one attached hydrogen (secondary N) is 2. The van der Waals surface area contributed by atoms with Crippen molar-refractivity contribution in [2.24, 2.45) is 0 Å². The van der Waals surface area contributed by atoms with E-state index in [1.165, 1.54) is 26.0 Å². The van der Waals surface area contributed by atoms with Gasteiger partial charge in [-0.05, 0) is 38.1 Å². The number of hydrogen-bond donors (Lipinski definition) is 3. The summed E-state index contributed by atoms with van der Waals surface area (Å²) in [5.74, 6) is -0.687. The number of alkyl halides is 6. The van der Waals surface area contributed by atoms with E-state index in [-0.39, 0.29) is 35.6 Å². The lowest BCUT2D eigenvalue weighted by molar-refractivity contribution is -0.141. The summed E-state index contributed by atoms with van der Waals surface area (Å²) in [6.07, 6.45) is -8.48. The second kappa shape index (κ2) is 8.77. The number of aromatic nitrogens is 5. The molecule has 0 atom stereocenters. The Labute approximate surface area is 183 Å². The number of hydrogen-bond acceptors (Lipinski definition) is 8. The third-order valence-corrected chi connectivity index (χ3v) is 3.89. The molecular formula is C19H17F6N7O. The lowest BCUT2D eigenvalue weighted by Gasteiger charge is -2.18. The molecule has 0 spiro atoms. The van der Waals surface area contributed by atoms with Crippen LogP contribution in [0, 0.1) is 0 Å². The molecule has 8 nitrogen and oxygen atoms in total. The molecule has 3 aromatic heterocycles. The highest BCUT2D eigenvalue weighted by atomic mass is 19.4. The van der Waals surface area contributed by atoms with Gasteiger partial charge in [-0.25, -0.2) is 4.98 Å². The van der Waals surface area contributed by atoms with Gasteiger partial charge < -0.3 is 15.7 Å². The summed E-state index contributed by atoms with van der Waals surface area (Å²) in [6.45, 7) is 2.94. The minimum atomic E-state index is -4.71. The average Bonchev–Trinajstić information content (AvgIpc) is 2.71. The molecule has 3 aromatic rings. The van der Waals surface area contributed by atoms with E-state index >= 15 is 0 Å². The second-order valence-electron chi connectivity index (χ2n) is 7.43. The SMILES string of the molecule is CC(C)(O)CNc1nc(Nc2ccnc(C(F)(F)F)c2)n[14c](-c2cccc(C(F)(F)F)n2)n1. The number of pyridine rings is 2. The Hall–Kier alpha value is -3.55. The van der Waals surface area contributed by atoms with Crippen LogP contribution in [-0.2, 0) is 12.4 Å². The van der Waals surface area contributed by atoms with E-state index < -0.39 is 29.3 Å². The molecule has 0 radical (unpaired) electrons. The van der Waals surface area contributed by atoms with Crippen LogP contribution < -0.4 is 10.6 Å². The van der Waals surface area contributed by atoms with Gasteiger partial charge in [-0.1, -0.05) is 6.07 Å². The Morgan fingerprint density at radius 3 is 2.21 bits per heavy atom. The quantitative estimate of drug-likeness (QED) is 0.453. The molecule has 176 valence electrons. The fourth-order valence-corrected chi connectivity index (χ4v) is 2.43. The van der Waals surface area contributed by atoms with E-state index in [0.29, 0.717) is 0 Å². The predicted molar refractivity (Wildman–Crippen MR) is 105 cm³/mol. The van der Waals surface area contributed by atoms with Gasteiger partial charge in [0.25, 0.3) is 0 Å². The maximum absolute atomic E-state index is 13.0. The summed E-state index contributed by atoms with van der Waals surface area (Å²) in [6, 6.07) is 5.07. The first-order valence-corrected chi connectivity index (χ1v) is 9.28. The molecule has 0 fully saturated rings. The van der Waals surface area contributed by atoms with Crippen molar-refractivity contribution in [1.82, 2.24) is 24.9 Å². The first-order valence-electron chi connectivity index (χ1n) is 9.28. The van der Waals surface area contributed by atoms with Crippen molar-refractivity contribution < 1.29 is 31.4 Å². The number of halogens is 6. The third kappa shape index (κ3) is 6.71. The molecule has 3 heterocycles. The van der Waals surface area contributed by atoms with Crippen LogP contribution in [0.2, 0.25) is 0 Å². The van der Waals surface area contributed by atoms with E-state index in [2.05, 4.69) is 35.6 Å². The highest BCUT2D eigenvalue weighted by Crippen LogP contribution is 2.31. The standard InChI is InChI=1S/C19H17F6N7O/c1-17(2,33)9-27-15-30-14(11-4-3-5-12(29-11)18(20,21)22)31-16(32-15)28-10-6-7-26-13(8-10)19(23,24)25/h3-8,33H,9H2,1-2H3,(H2,26,27,28,30,31,32)/i14+2. The molecule has 14 heteroatoms. The number of rotatable bonds is 6. The summed E-state index contributed by atoms with van der Waals surface area (Å²) in [7, 11) is 0. The third-order valence-electron chi connectivity index (χ3n) is 3.89. The molecular weight excluding hydrogens is 458 g/mol. The molecule has 0 aliphatic heterocycles. The molecule has 33 heavy (non-hydrogen) atoms. The lowest BCUT2D eigenvalue weighted by atomic mass is 10.1. The second-order valence-corrected chi connectivity index (χ2v) is 7.43. The Balaban J connectivity index is 2.02. The molecule has 0 amide bonds. The normalized spacial score (nSPS) is 12.5. The van der Waals surface area contributed by atoms with Crippen molar-refractivity contribution in [2.45, 2.75) is 31.8 Å². The van der Waals surface area contributed by atoms with Crippen molar-refractivity contribution in [3.63, 3.8) is 0 Å². The van der Waals surface area contributed by atoms with Gasteiger partial charge in [0.05, 0.1) is 5.60 Å². The van der Waals surface area contributed by atoms with E-state index in [1.54, 1.807) is 0 Å². The van der Waals surface area contributed by atoms with Crippen LogP contribution in [0.25, 0.3) is 11.5 Å². The highest BCUT2D eigenvalue weighted by Gasteiger charge is 2.33. The zero-order valence-electron chi connectivity index (χ0n) is 17.1. The van der Waals surface area contributed by atoms with Crippen LogP contribution in [0.5, 0.6) is 0 Å². The number of aliphatic hydroxyl groups is 1.